The van der Waals surface area contributed by atoms with Gasteiger partial charge in [0, 0.05) is 35.4 Å². The average Bonchev–Trinajstić information content (AvgIpc) is 3.59. The maximum atomic E-state index is 15.0. The molecule has 3 N–H and O–H groups in total. The Labute approximate surface area is 213 Å². The molecule has 196 valence electrons. The molecule has 1 saturated heterocycles. The van der Waals surface area contributed by atoms with Crippen LogP contribution in [-0.4, -0.2) is 30.1 Å². The Hall–Kier alpha value is -4.12. The van der Waals surface area contributed by atoms with Gasteiger partial charge in [-0.1, -0.05) is 0 Å². The van der Waals surface area contributed by atoms with Crippen molar-refractivity contribution in [2.24, 2.45) is 0 Å². The summed E-state index contributed by atoms with van der Waals surface area (Å²) in [6, 6.07) is 11.4. The minimum absolute atomic E-state index is 0.182. The molecule has 0 radical (unpaired) electrons. The minimum atomic E-state index is -2.24. The molecule has 2 aliphatic rings. The van der Waals surface area contributed by atoms with Gasteiger partial charge in [0.25, 0.3) is 0 Å². The van der Waals surface area contributed by atoms with Gasteiger partial charge in [-0.3, -0.25) is 4.79 Å². The Morgan fingerprint density at radius 1 is 0.947 bits per heavy atom. The highest BCUT2D eigenvalue weighted by molar-refractivity contribution is 5.98. The van der Waals surface area contributed by atoms with E-state index in [1.807, 2.05) is 0 Å². The van der Waals surface area contributed by atoms with Crippen molar-refractivity contribution in [3.63, 3.8) is 0 Å². The number of hydrogen-bond acceptors (Lipinski definition) is 4. The molecule has 1 amide bonds. The number of nitrogens with zero attached hydrogens (tertiary/aromatic N) is 1. The summed E-state index contributed by atoms with van der Waals surface area (Å²) in [5.74, 6) is -10.3. The minimum Gasteiger partial charge on any atom is -0.465 e. The molecule has 38 heavy (non-hydrogen) atoms. The van der Waals surface area contributed by atoms with Crippen LogP contribution in [0, 0.1) is 29.1 Å². The molecular formula is C27H21F5N4O2. The SMILES string of the molecule is CNc1ccc2c(c1)OC(c1c(F)c(F)c(F)c(F)c1F)n1c-2cc2cc(NC(=O)C3CCCN3)ccc21. The normalized spacial score (nSPS) is 18.2. The number of ether oxygens (including phenoxy) is 1. The van der Waals surface area contributed by atoms with Gasteiger partial charge in [0.05, 0.1) is 22.8 Å². The van der Waals surface area contributed by atoms with E-state index in [4.69, 9.17) is 4.74 Å². The summed E-state index contributed by atoms with van der Waals surface area (Å²) in [7, 11) is 1.67. The summed E-state index contributed by atoms with van der Waals surface area (Å²) in [5.41, 5.74) is 1.42. The van der Waals surface area contributed by atoms with Gasteiger partial charge in [0.2, 0.25) is 18.0 Å². The number of halogens is 5. The summed E-state index contributed by atoms with van der Waals surface area (Å²) in [6.45, 7) is 0.761. The Bertz CT molecular complexity index is 1580. The summed E-state index contributed by atoms with van der Waals surface area (Å²) in [5, 5.41) is 9.49. The van der Waals surface area contributed by atoms with Crippen LogP contribution in [0.15, 0.2) is 42.5 Å². The summed E-state index contributed by atoms with van der Waals surface area (Å²) in [4.78, 5) is 12.6. The molecule has 0 spiro atoms. The molecule has 3 heterocycles. The van der Waals surface area contributed by atoms with Gasteiger partial charge in [-0.25, -0.2) is 22.0 Å². The second kappa shape index (κ2) is 9.02. The van der Waals surface area contributed by atoms with Crippen LogP contribution in [0.4, 0.5) is 33.3 Å². The second-order valence-corrected chi connectivity index (χ2v) is 9.23. The van der Waals surface area contributed by atoms with Gasteiger partial charge in [0.15, 0.2) is 23.3 Å². The molecule has 1 aromatic heterocycles. The lowest BCUT2D eigenvalue weighted by molar-refractivity contribution is -0.117. The number of benzene rings is 3. The first-order valence-corrected chi connectivity index (χ1v) is 12.0. The highest BCUT2D eigenvalue weighted by Crippen LogP contribution is 2.46. The Morgan fingerprint density at radius 2 is 1.66 bits per heavy atom. The van der Waals surface area contributed by atoms with Gasteiger partial charge in [0.1, 0.15) is 5.75 Å². The highest BCUT2D eigenvalue weighted by Gasteiger charge is 2.37. The smallest absolute Gasteiger partial charge is 0.241 e. The second-order valence-electron chi connectivity index (χ2n) is 9.23. The first-order valence-electron chi connectivity index (χ1n) is 12.0. The lowest BCUT2D eigenvalue weighted by Crippen LogP contribution is -2.35. The van der Waals surface area contributed by atoms with Crippen LogP contribution in [-0.2, 0) is 4.79 Å². The monoisotopic (exact) mass is 528 g/mol. The Balaban J connectivity index is 1.53. The van der Waals surface area contributed by atoms with Crippen molar-refractivity contribution >= 4 is 28.2 Å². The average molecular weight is 528 g/mol. The van der Waals surface area contributed by atoms with E-state index in [-0.39, 0.29) is 17.7 Å². The molecule has 2 unspecified atom stereocenters. The molecule has 2 aliphatic heterocycles. The van der Waals surface area contributed by atoms with Gasteiger partial charge in [-0.15, -0.1) is 0 Å². The van der Waals surface area contributed by atoms with Crippen LogP contribution < -0.4 is 20.7 Å². The number of aromatic nitrogens is 1. The van der Waals surface area contributed by atoms with Crippen molar-refractivity contribution in [2.45, 2.75) is 25.1 Å². The fourth-order valence-corrected chi connectivity index (χ4v) is 5.10. The van der Waals surface area contributed by atoms with E-state index in [0.29, 0.717) is 33.5 Å². The van der Waals surface area contributed by atoms with Crippen molar-refractivity contribution in [1.29, 1.82) is 0 Å². The zero-order valence-electron chi connectivity index (χ0n) is 20.0. The molecule has 3 aromatic carbocycles. The summed E-state index contributed by atoms with van der Waals surface area (Å²) < 4.78 is 79.5. The van der Waals surface area contributed by atoms with Crippen molar-refractivity contribution in [1.82, 2.24) is 9.88 Å². The predicted molar refractivity (Wildman–Crippen MR) is 132 cm³/mol. The third kappa shape index (κ3) is 3.68. The van der Waals surface area contributed by atoms with Gasteiger partial charge >= 0.3 is 0 Å². The molecule has 1 fully saturated rings. The van der Waals surface area contributed by atoms with E-state index >= 15 is 0 Å². The van der Waals surface area contributed by atoms with Crippen molar-refractivity contribution in [2.75, 3.05) is 24.2 Å². The molecule has 2 atom stereocenters. The topological polar surface area (TPSA) is 67.3 Å². The van der Waals surface area contributed by atoms with Crippen LogP contribution in [0.1, 0.15) is 24.6 Å². The summed E-state index contributed by atoms with van der Waals surface area (Å²) >= 11 is 0. The number of amides is 1. The molecule has 11 heteroatoms. The summed E-state index contributed by atoms with van der Waals surface area (Å²) in [6.07, 6.45) is -0.0762. The fourth-order valence-electron chi connectivity index (χ4n) is 5.10. The largest absolute Gasteiger partial charge is 0.465 e. The van der Waals surface area contributed by atoms with Crippen LogP contribution in [0.5, 0.6) is 5.75 Å². The molecule has 4 aromatic rings. The maximum absolute atomic E-state index is 15.0. The molecule has 0 saturated carbocycles. The molecule has 6 nitrogen and oxygen atoms in total. The van der Waals surface area contributed by atoms with E-state index in [9.17, 15) is 26.7 Å². The molecule has 0 aliphatic carbocycles. The number of rotatable bonds is 4. The number of hydrogen-bond donors (Lipinski definition) is 3. The molecule has 0 bridgehead atoms. The van der Waals surface area contributed by atoms with E-state index in [2.05, 4.69) is 16.0 Å². The van der Waals surface area contributed by atoms with E-state index in [1.165, 1.54) is 4.57 Å². The molecular weight excluding hydrogens is 507 g/mol. The van der Waals surface area contributed by atoms with Crippen molar-refractivity contribution in [3.8, 4) is 17.0 Å². The lowest BCUT2D eigenvalue weighted by Gasteiger charge is -2.31. The standard InChI is InChI=1S/C27H21F5N4O2/c1-33-13-4-6-15-18-10-12-9-14(35-26(37)16-3-2-8-34-16)5-7-17(12)36(18)27(38-19(15)11-13)20-21(28)23(30)25(32)24(31)22(20)29/h4-7,9-11,16,27,33-34H,2-3,8H2,1H3,(H,35,37). The number of carbonyl (C=O) groups excluding carboxylic acids is 1. The van der Waals surface area contributed by atoms with Gasteiger partial charge in [-0.2, -0.15) is 0 Å². The van der Waals surface area contributed by atoms with Crippen LogP contribution in [0.2, 0.25) is 0 Å². The number of carbonyl (C=O) groups is 1. The van der Waals surface area contributed by atoms with Crippen LogP contribution in [0.25, 0.3) is 22.2 Å². The molecule has 6 rings (SSSR count). The van der Waals surface area contributed by atoms with E-state index < -0.39 is 40.9 Å². The van der Waals surface area contributed by atoms with Crippen LogP contribution in [0.3, 0.4) is 0 Å². The first kappa shape index (κ1) is 24.2. The quantitative estimate of drug-likeness (QED) is 0.181. The van der Waals surface area contributed by atoms with Crippen molar-refractivity contribution in [3.05, 3.63) is 77.1 Å². The third-order valence-corrected chi connectivity index (χ3v) is 6.99. The Kier molecular flexibility index (Phi) is 5.75. The van der Waals surface area contributed by atoms with Gasteiger partial charge in [-0.05, 0) is 55.8 Å². The zero-order chi connectivity index (χ0) is 26.7. The number of fused-ring (bicyclic) bond motifs is 5. The number of nitrogens with one attached hydrogen (secondary N) is 3. The van der Waals surface area contributed by atoms with Gasteiger partial charge < -0.3 is 25.3 Å². The number of anilines is 2. The third-order valence-electron chi connectivity index (χ3n) is 6.99. The lowest BCUT2D eigenvalue weighted by atomic mass is 10.1. The Morgan fingerprint density at radius 3 is 2.34 bits per heavy atom. The predicted octanol–water partition coefficient (Wildman–Crippen LogP) is 5.68. The van der Waals surface area contributed by atoms with Crippen molar-refractivity contribution < 1.29 is 31.5 Å². The maximum Gasteiger partial charge on any atom is 0.241 e. The van der Waals surface area contributed by atoms with E-state index in [1.54, 1.807) is 49.5 Å². The fraction of sp³-hybridized carbons (Fsp3) is 0.222. The van der Waals surface area contributed by atoms with Crippen LogP contribution >= 0.6 is 0 Å². The van der Waals surface area contributed by atoms with E-state index in [0.717, 1.165) is 19.4 Å². The zero-order valence-corrected chi connectivity index (χ0v) is 20.0. The highest BCUT2D eigenvalue weighted by atomic mass is 19.2. The first-order chi connectivity index (χ1) is 18.3.